The van der Waals surface area contributed by atoms with E-state index in [1.807, 2.05) is 31.2 Å². The van der Waals surface area contributed by atoms with Crippen LogP contribution < -0.4 is 15.4 Å². The number of methoxy groups -OCH3 is 1. The quantitative estimate of drug-likeness (QED) is 0.635. The number of hydrogen-bond acceptors (Lipinski definition) is 4. The Morgan fingerprint density at radius 3 is 2.96 bits per heavy atom. The number of hydrogen-bond donors (Lipinski definition) is 3. The fourth-order valence-corrected chi connectivity index (χ4v) is 3.51. The van der Waals surface area contributed by atoms with Gasteiger partial charge in [-0.1, -0.05) is 17.7 Å². The molecule has 0 fully saturated rings. The number of nitrogens with zero attached hydrogens (tertiary/aromatic N) is 1. The number of aromatic amines is 1. The second-order valence-electron chi connectivity index (χ2n) is 6.35. The van der Waals surface area contributed by atoms with Gasteiger partial charge in [0.25, 0.3) is 5.91 Å². The lowest BCUT2D eigenvalue weighted by atomic mass is 10.0. The zero-order chi connectivity index (χ0) is 19.0. The molecule has 2 aromatic heterocycles. The van der Waals surface area contributed by atoms with Crippen LogP contribution in [0.4, 0.5) is 11.4 Å². The van der Waals surface area contributed by atoms with Gasteiger partial charge in [-0.25, -0.2) is 0 Å². The third-order valence-electron chi connectivity index (χ3n) is 4.77. The highest BCUT2D eigenvalue weighted by molar-refractivity contribution is 6.31. The van der Waals surface area contributed by atoms with Gasteiger partial charge in [0.2, 0.25) is 0 Å². The summed E-state index contributed by atoms with van der Waals surface area (Å²) in [5.41, 5.74) is 5.60. The molecule has 0 radical (unpaired) electrons. The van der Waals surface area contributed by atoms with E-state index in [-0.39, 0.29) is 5.91 Å². The molecule has 0 bridgehead atoms. The van der Waals surface area contributed by atoms with Crippen LogP contribution in [0, 0.1) is 6.92 Å². The summed E-state index contributed by atoms with van der Waals surface area (Å²) in [6, 6.07) is 7.52. The molecule has 0 saturated carbocycles. The van der Waals surface area contributed by atoms with Gasteiger partial charge in [0, 0.05) is 41.1 Å². The Morgan fingerprint density at radius 2 is 2.15 bits per heavy atom. The van der Waals surface area contributed by atoms with Crippen molar-refractivity contribution in [1.29, 1.82) is 0 Å². The second-order valence-corrected chi connectivity index (χ2v) is 6.76. The van der Waals surface area contributed by atoms with Crippen molar-refractivity contribution in [3.63, 3.8) is 0 Å². The van der Waals surface area contributed by atoms with Crippen LogP contribution in [0.15, 0.2) is 36.7 Å². The van der Waals surface area contributed by atoms with Crippen LogP contribution in [0.5, 0.6) is 5.75 Å². The number of H-pyrrole nitrogens is 1. The molecule has 0 atom stereocenters. The van der Waals surface area contributed by atoms with Crippen LogP contribution in [0.3, 0.4) is 0 Å². The van der Waals surface area contributed by atoms with Crippen molar-refractivity contribution in [1.82, 2.24) is 15.3 Å². The Kier molecular flexibility index (Phi) is 4.49. The fraction of sp³-hybridized carbons (Fsp3) is 0.200. The highest BCUT2D eigenvalue weighted by Crippen LogP contribution is 2.40. The van der Waals surface area contributed by atoms with E-state index in [2.05, 4.69) is 20.6 Å². The van der Waals surface area contributed by atoms with Crippen LogP contribution in [0.1, 0.15) is 21.6 Å². The summed E-state index contributed by atoms with van der Waals surface area (Å²) in [5, 5.41) is 7.00. The Hall–Kier alpha value is -2.99. The summed E-state index contributed by atoms with van der Waals surface area (Å²) >= 11 is 6.28. The van der Waals surface area contributed by atoms with Crippen molar-refractivity contribution in [3.8, 4) is 17.0 Å². The summed E-state index contributed by atoms with van der Waals surface area (Å²) in [4.78, 5) is 20.1. The van der Waals surface area contributed by atoms with Crippen LogP contribution in [-0.4, -0.2) is 29.5 Å². The monoisotopic (exact) mass is 382 g/mol. The van der Waals surface area contributed by atoms with Crippen LogP contribution in [0.25, 0.3) is 11.3 Å². The number of benzene rings is 1. The maximum Gasteiger partial charge on any atom is 0.255 e. The number of anilines is 2. The van der Waals surface area contributed by atoms with Gasteiger partial charge in [0.1, 0.15) is 5.75 Å². The lowest BCUT2D eigenvalue weighted by molar-refractivity contribution is 0.0947. The molecule has 3 heterocycles. The Labute approximate surface area is 161 Å². The topological polar surface area (TPSA) is 79.0 Å². The number of fused-ring (bicyclic) bond motifs is 1. The standard InChI is InChI=1S/C20H19ClN4O2/c1-11-13(21)4-3-5-14(11)24-19-17-15(7-9-23-20(17)26)25-18(19)12-6-8-22-10-16(12)27-2/h3-6,8,10,24-25H,7,9H2,1-2H3,(H,23,26). The van der Waals surface area contributed by atoms with E-state index in [4.69, 9.17) is 16.3 Å². The molecule has 1 aliphatic heterocycles. The number of carbonyl (C=O) groups is 1. The van der Waals surface area contributed by atoms with E-state index >= 15 is 0 Å². The van der Waals surface area contributed by atoms with E-state index in [1.54, 1.807) is 19.5 Å². The predicted octanol–water partition coefficient (Wildman–Crippen LogP) is 4.08. The molecular weight excluding hydrogens is 364 g/mol. The van der Waals surface area contributed by atoms with Gasteiger partial charge < -0.3 is 20.4 Å². The first-order valence-electron chi connectivity index (χ1n) is 8.63. The maximum atomic E-state index is 12.6. The molecule has 27 heavy (non-hydrogen) atoms. The molecular formula is C20H19ClN4O2. The number of amides is 1. The van der Waals surface area contributed by atoms with Gasteiger partial charge in [-0.2, -0.15) is 0 Å². The molecule has 0 saturated heterocycles. The number of rotatable bonds is 4. The minimum Gasteiger partial charge on any atom is -0.494 e. The Morgan fingerprint density at radius 1 is 1.30 bits per heavy atom. The summed E-state index contributed by atoms with van der Waals surface area (Å²) in [7, 11) is 1.60. The lowest BCUT2D eigenvalue weighted by Gasteiger charge is -2.16. The molecule has 1 aliphatic rings. The van der Waals surface area contributed by atoms with Gasteiger partial charge in [-0.15, -0.1) is 0 Å². The Balaban J connectivity index is 1.92. The van der Waals surface area contributed by atoms with Crippen LogP contribution >= 0.6 is 11.6 Å². The number of nitrogens with one attached hydrogen (secondary N) is 3. The normalized spacial score (nSPS) is 13.1. The van der Waals surface area contributed by atoms with E-state index in [9.17, 15) is 4.79 Å². The molecule has 6 nitrogen and oxygen atoms in total. The maximum absolute atomic E-state index is 12.6. The summed E-state index contributed by atoms with van der Waals surface area (Å²) in [5.74, 6) is 0.524. The first kappa shape index (κ1) is 17.4. The minimum atomic E-state index is -0.103. The summed E-state index contributed by atoms with van der Waals surface area (Å²) in [6.07, 6.45) is 4.09. The van der Waals surface area contributed by atoms with Gasteiger partial charge in [0.15, 0.2) is 0 Å². The predicted molar refractivity (Wildman–Crippen MR) is 106 cm³/mol. The zero-order valence-corrected chi connectivity index (χ0v) is 15.8. The number of halogens is 1. The molecule has 138 valence electrons. The van der Waals surface area contributed by atoms with Gasteiger partial charge >= 0.3 is 0 Å². The largest absolute Gasteiger partial charge is 0.494 e. The summed E-state index contributed by atoms with van der Waals surface area (Å²) < 4.78 is 5.47. The van der Waals surface area contributed by atoms with Crippen molar-refractivity contribution < 1.29 is 9.53 Å². The Bertz CT molecular complexity index is 1030. The third-order valence-corrected chi connectivity index (χ3v) is 5.18. The van der Waals surface area contributed by atoms with E-state index in [0.717, 1.165) is 34.6 Å². The molecule has 1 aromatic carbocycles. The molecule has 0 spiro atoms. The molecule has 4 rings (SSSR count). The molecule has 7 heteroatoms. The smallest absolute Gasteiger partial charge is 0.255 e. The number of pyridine rings is 1. The first-order valence-corrected chi connectivity index (χ1v) is 9.01. The van der Waals surface area contributed by atoms with Gasteiger partial charge in [0.05, 0.1) is 30.3 Å². The highest BCUT2D eigenvalue weighted by Gasteiger charge is 2.28. The average molecular weight is 383 g/mol. The molecule has 0 unspecified atom stereocenters. The van der Waals surface area contributed by atoms with Crippen molar-refractivity contribution in [2.45, 2.75) is 13.3 Å². The van der Waals surface area contributed by atoms with Crippen molar-refractivity contribution in [2.75, 3.05) is 19.0 Å². The minimum absolute atomic E-state index is 0.103. The van der Waals surface area contributed by atoms with Crippen molar-refractivity contribution >= 4 is 28.9 Å². The molecule has 3 N–H and O–H groups in total. The SMILES string of the molecule is COc1cnccc1-c1[nH]c2c(c1Nc1cccc(Cl)c1C)C(=O)NCC2. The van der Waals surface area contributed by atoms with E-state index < -0.39 is 0 Å². The fourth-order valence-electron chi connectivity index (χ4n) is 3.33. The van der Waals surface area contributed by atoms with E-state index in [0.29, 0.717) is 28.6 Å². The second kappa shape index (κ2) is 6.96. The van der Waals surface area contributed by atoms with Crippen molar-refractivity contribution in [3.05, 3.63) is 58.5 Å². The lowest BCUT2D eigenvalue weighted by Crippen LogP contribution is -2.31. The number of carbonyl (C=O) groups excluding carboxylic acids is 1. The first-order chi connectivity index (χ1) is 13.1. The van der Waals surface area contributed by atoms with Crippen molar-refractivity contribution in [2.24, 2.45) is 0 Å². The van der Waals surface area contributed by atoms with Gasteiger partial charge in [-0.05, 0) is 30.7 Å². The van der Waals surface area contributed by atoms with Crippen LogP contribution in [0.2, 0.25) is 5.02 Å². The molecule has 0 aliphatic carbocycles. The molecule has 1 amide bonds. The highest BCUT2D eigenvalue weighted by atomic mass is 35.5. The average Bonchev–Trinajstić information content (AvgIpc) is 3.05. The number of ether oxygens (including phenoxy) is 1. The van der Waals surface area contributed by atoms with Gasteiger partial charge in [-0.3, -0.25) is 9.78 Å². The third kappa shape index (κ3) is 3.02. The molecule has 3 aromatic rings. The van der Waals surface area contributed by atoms with Crippen LogP contribution in [-0.2, 0) is 6.42 Å². The number of aromatic nitrogens is 2. The summed E-state index contributed by atoms with van der Waals surface area (Å²) in [6.45, 7) is 2.55. The van der Waals surface area contributed by atoms with E-state index in [1.165, 1.54) is 0 Å². The zero-order valence-electron chi connectivity index (χ0n) is 15.0.